The predicted octanol–water partition coefficient (Wildman–Crippen LogP) is 4.92. The summed E-state index contributed by atoms with van der Waals surface area (Å²) >= 11 is 6.31. The van der Waals surface area contributed by atoms with Gasteiger partial charge in [-0.05, 0) is 60.5 Å². The molecule has 3 aromatic carbocycles. The van der Waals surface area contributed by atoms with Crippen LogP contribution in [0.4, 0.5) is 20.6 Å². The second kappa shape index (κ2) is 7.84. The van der Waals surface area contributed by atoms with E-state index in [1.807, 2.05) is 18.2 Å². The van der Waals surface area contributed by atoms with Crippen LogP contribution in [-0.4, -0.2) is 25.6 Å². The number of urea groups is 1. The highest BCUT2D eigenvalue weighted by molar-refractivity contribution is 6.31. The predicted molar refractivity (Wildman–Crippen MR) is 120 cm³/mol. The Morgan fingerprint density at radius 2 is 2.06 bits per heavy atom. The number of ether oxygens (including phenoxy) is 1. The van der Waals surface area contributed by atoms with E-state index in [-0.39, 0.29) is 11.9 Å². The zero-order chi connectivity index (χ0) is 22.4. The Balaban J connectivity index is 1.49. The number of hydrogen-bond acceptors (Lipinski definition) is 3. The van der Waals surface area contributed by atoms with E-state index >= 15 is 0 Å². The number of amides is 3. The molecule has 6 nitrogen and oxygen atoms in total. The van der Waals surface area contributed by atoms with Gasteiger partial charge in [-0.15, -0.1) is 0 Å². The van der Waals surface area contributed by atoms with Crippen molar-refractivity contribution >= 4 is 34.9 Å². The van der Waals surface area contributed by atoms with Gasteiger partial charge in [-0.2, -0.15) is 0 Å². The number of carbonyl (C=O) groups is 2. The number of methoxy groups -OCH3 is 1. The van der Waals surface area contributed by atoms with Crippen LogP contribution in [0.25, 0.3) is 0 Å². The van der Waals surface area contributed by atoms with Crippen molar-refractivity contribution in [3.8, 4) is 5.75 Å². The molecule has 2 aliphatic heterocycles. The summed E-state index contributed by atoms with van der Waals surface area (Å²) in [5.74, 6) is -0.0240. The Hall–Kier alpha value is -3.58. The van der Waals surface area contributed by atoms with Crippen molar-refractivity contribution in [1.29, 1.82) is 0 Å². The fourth-order valence-corrected chi connectivity index (χ4v) is 4.56. The molecule has 0 spiro atoms. The average molecular weight is 452 g/mol. The molecule has 1 atom stereocenters. The van der Waals surface area contributed by atoms with Gasteiger partial charge in [0.15, 0.2) is 0 Å². The molecule has 2 heterocycles. The molecule has 8 heteroatoms. The van der Waals surface area contributed by atoms with E-state index in [0.29, 0.717) is 40.4 Å². The molecule has 1 unspecified atom stereocenters. The van der Waals surface area contributed by atoms with Crippen molar-refractivity contribution in [2.45, 2.75) is 12.5 Å². The molecular weight excluding hydrogens is 433 g/mol. The third kappa shape index (κ3) is 3.35. The summed E-state index contributed by atoms with van der Waals surface area (Å²) in [7, 11) is 1.60. The minimum Gasteiger partial charge on any atom is -0.497 e. The van der Waals surface area contributed by atoms with E-state index in [9.17, 15) is 14.0 Å². The summed E-state index contributed by atoms with van der Waals surface area (Å²) in [6.45, 7) is 0.527. The fraction of sp³-hybridized carbons (Fsp3) is 0.167. The van der Waals surface area contributed by atoms with Gasteiger partial charge in [0, 0.05) is 39.6 Å². The number of carbonyl (C=O) groups excluding carboxylic acids is 2. The summed E-state index contributed by atoms with van der Waals surface area (Å²) < 4.78 is 19.2. The van der Waals surface area contributed by atoms with Crippen LogP contribution in [0, 0.1) is 5.82 Å². The third-order valence-corrected chi connectivity index (χ3v) is 6.20. The van der Waals surface area contributed by atoms with E-state index in [1.165, 1.54) is 18.2 Å². The molecule has 0 saturated carbocycles. The molecule has 0 bridgehead atoms. The van der Waals surface area contributed by atoms with Gasteiger partial charge in [0.1, 0.15) is 11.6 Å². The van der Waals surface area contributed by atoms with Gasteiger partial charge in [-0.25, -0.2) is 9.18 Å². The monoisotopic (exact) mass is 451 g/mol. The van der Waals surface area contributed by atoms with Crippen molar-refractivity contribution in [1.82, 2.24) is 5.32 Å². The Labute approximate surface area is 188 Å². The molecule has 162 valence electrons. The molecule has 0 radical (unpaired) electrons. The molecular formula is C24H19ClFN3O3. The fourth-order valence-electron chi connectivity index (χ4n) is 4.33. The van der Waals surface area contributed by atoms with Gasteiger partial charge in [-0.3, -0.25) is 9.69 Å². The lowest BCUT2D eigenvalue weighted by Gasteiger charge is -2.21. The number of rotatable bonds is 3. The normalized spacial score (nSPS) is 16.4. The SMILES string of the molecule is COc1ccc2c(c1)CCN2C(=O)Nc1cccc2c1C(c1cc(F)ccc1Cl)NC2=O. The average Bonchev–Trinajstić information content (AvgIpc) is 3.37. The topological polar surface area (TPSA) is 70.7 Å². The number of halogens is 2. The summed E-state index contributed by atoms with van der Waals surface area (Å²) in [6.07, 6.45) is 0.717. The van der Waals surface area contributed by atoms with E-state index in [1.54, 1.807) is 30.2 Å². The van der Waals surface area contributed by atoms with Crippen LogP contribution in [-0.2, 0) is 6.42 Å². The van der Waals surface area contributed by atoms with Crippen LogP contribution in [0.15, 0.2) is 54.6 Å². The van der Waals surface area contributed by atoms with Gasteiger partial charge in [0.25, 0.3) is 5.91 Å². The van der Waals surface area contributed by atoms with Crippen LogP contribution in [0.3, 0.4) is 0 Å². The van der Waals surface area contributed by atoms with Crippen LogP contribution < -0.4 is 20.3 Å². The van der Waals surface area contributed by atoms with E-state index < -0.39 is 11.9 Å². The molecule has 2 N–H and O–H groups in total. The van der Waals surface area contributed by atoms with Crippen LogP contribution >= 0.6 is 11.6 Å². The van der Waals surface area contributed by atoms with E-state index in [0.717, 1.165) is 17.0 Å². The van der Waals surface area contributed by atoms with Crippen molar-refractivity contribution in [2.24, 2.45) is 0 Å². The lowest BCUT2D eigenvalue weighted by atomic mass is 9.96. The first kappa shape index (κ1) is 20.3. The van der Waals surface area contributed by atoms with Crippen molar-refractivity contribution in [2.75, 3.05) is 23.9 Å². The number of anilines is 2. The first-order chi connectivity index (χ1) is 15.5. The van der Waals surface area contributed by atoms with Gasteiger partial charge in [0.05, 0.1) is 13.2 Å². The van der Waals surface area contributed by atoms with Gasteiger partial charge in [0.2, 0.25) is 0 Å². The highest BCUT2D eigenvalue weighted by Crippen LogP contribution is 2.39. The van der Waals surface area contributed by atoms with Gasteiger partial charge in [-0.1, -0.05) is 17.7 Å². The van der Waals surface area contributed by atoms with E-state index in [4.69, 9.17) is 16.3 Å². The summed E-state index contributed by atoms with van der Waals surface area (Å²) in [5.41, 5.74) is 3.72. The first-order valence-electron chi connectivity index (χ1n) is 10.1. The zero-order valence-electron chi connectivity index (χ0n) is 17.1. The number of nitrogens with one attached hydrogen (secondary N) is 2. The quantitative estimate of drug-likeness (QED) is 0.594. The Bertz CT molecular complexity index is 1260. The lowest BCUT2D eigenvalue weighted by molar-refractivity contribution is 0.0960. The smallest absolute Gasteiger partial charge is 0.326 e. The zero-order valence-corrected chi connectivity index (χ0v) is 17.9. The third-order valence-electron chi connectivity index (χ3n) is 5.85. The lowest BCUT2D eigenvalue weighted by Crippen LogP contribution is -2.33. The molecule has 2 aliphatic rings. The first-order valence-corrected chi connectivity index (χ1v) is 10.5. The molecule has 0 aromatic heterocycles. The van der Waals surface area contributed by atoms with Crippen LogP contribution in [0.1, 0.15) is 33.1 Å². The molecule has 5 rings (SSSR count). The van der Waals surface area contributed by atoms with Crippen molar-refractivity contribution in [3.05, 3.63) is 87.7 Å². The van der Waals surface area contributed by atoms with Gasteiger partial charge >= 0.3 is 6.03 Å². The summed E-state index contributed by atoms with van der Waals surface area (Å²) in [4.78, 5) is 27.4. The maximum atomic E-state index is 13.9. The Morgan fingerprint density at radius 3 is 2.88 bits per heavy atom. The summed E-state index contributed by atoms with van der Waals surface area (Å²) in [6, 6.07) is 13.7. The Kier molecular flexibility index (Phi) is 4.98. The second-order valence-corrected chi connectivity index (χ2v) is 8.07. The standard InChI is InChI=1S/C24H19ClFN3O3/c1-32-15-6-8-20-13(11-15)9-10-29(20)24(31)27-19-4-2-3-16-21(19)22(28-23(16)30)17-12-14(26)5-7-18(17)25/h2-8,11-12,22H,9-10H2,1H3,(H,27,31)(H,28,30). The highest BCUT2D eigenvalue weighted by atomic mass is 35.5. The van der Waals surface area contributed by atoms with Crippen molar-refractivity contribution in [3.63, 3.8) is 0 Å². The number of benzene rings is 3. The van der Waals surface area contributed by atoms with Crippen LogP contribution in [0.5, 0.6) is 5.75 Å². The molecule has 32 heavy (non-hydrogen) atoms. The minimum atomic E-state index is -0.674. The van der Waals surface area contributed by atoms with E-state index in [2.05, 4.69) is 10.6 Å². The largest absolute Gasteiger partial charge is 0.497 e. The van der Waals surface area contributed by atoms with Crippen LogP contribution in [0.2, 0.25) is 5.02 Å². The number of nitrogens with zero attached hydrogens (tertiary/aromatic N) is 1. The second-order valence-electron chi connectivity index (χ2n) is 7.67. The number of hydrogen-bond donors (Lipinski definition) is 2. The van der Waals surface area contributed by atoms with Gasteiger partial charge < -0.3 is 15.4 Å². The molecule has 0 fully saturated rings. The number of fused-ring (bicyclic) bond motifs is 2. The molecule has 3 aromatic rings. The molecule has 0 saturated heterocycles. The minimum absolute atomic E-state index is 0.306. The maximum Gasteiger partial charge on any atom is 0.326 e. The van der Waals surface area contributed by atoms with Crippen molar-refractivity contribution < 1.29 is 18.7 Å². The molecule has 3 amide bonds. The Morgan fingerprint density at radius 1 is 1.22 bits per heavy atom. The summed E-state index contributed by atoms with van der Waals surface area (Å²) in [5, 5.41) is 6.11. The molecule has 0 aliphatic carbocycles. The highest BCUT2D eigenvalue weighted by Gasteiger charge is 2.34. The maximum absolute atomic E-state index is 13.9.